The van der Waals surface area contributed by atoms with Crippen molar-refractivity contribution in [3.05, 3.63) is 53.9 Å². The molecule has 1 saturated heterocycles. The number of nitrogens with one attached hydrogen (secondary N) is 2. The molecule has 8 heteroatoms. The first-order chi connectivity index (χ1) is 13.2. The van der Waals surface area contributed by atoms with Crippen LogP contribution in [-0.4, -0.2) is 67.0 Å². The molecule has 0 unspecified atom stereocenters. The van der Waals surface area contributed by atoms with Crippen molar-refractivity contribution in [1.82, 2.24) is 25.5 Å². The Bertz CT molecular complexity index is 786. The Morgan fingerprint density at radius 3 is 2.56 bits per heavy atom. The number of piperazine rings is 1. The molecular formula is C19H25N7O. The largest absolute Gasteiger partial charge is 0.355 e. The van der Waals surface area contributed by atoms with Gasteiger partial charge in [-0.05, 0) is 23.8 Å². The van der Waals surface area contributed by atoms with E-state index in [1.165, 1.54) is 0 Å². The van der Waals surface area contributed by atoms with Gasteiger partial charge in [-0.15, -0.1) is 0 Å². The van der Waals surface area contributed by atoms with Crippen molar-refractivity contribution in [2.24, 2.45) is 4.99 Å². The number of hydrogen-bond acceptors (Lipinski definition) is 5. The number of hydrogen-bond donors (Lipinski definition) is 2. The summed E-state index contributed by atoms with van der Waals surface area (Å²) in [6.07, 6.45) is 3.53. The molecule has 1 amide bonds. The van der Waals surface area contributed by atoms with E-state index in [4.69, 9.17) is 0 Å². The first-order valence-electron chi connectivity index (χ1n) is 9.00. The molecule has 1 aliphatic heterocycles. The number of nitrogens with zero attached hydrogens (tertiary/aromatic N) is 5. The Balaban J connectivity index is 1.55. The molecule has 0 aliphatic carbocycles. The highest BCUT2D eigenvalue weighted by Crippen LogP contribution is 2.10. The number of benzene rings is 1. The first kappa shape index (κ1) is 18.6. The maximum absolute atomic E-state index is 11.8. The average molecular weight is 367 g/mol. The minimum atomic E-state index is -0.0829. The van der Waals surface area contributed by atoms with E-state index in [-0.39, 0.29) is 5.91 Å². The van der Waals surface area contributed by atoms with Crippen LogP contribution in [0.15, 0.2) is 47.7 Å². The molecule has 2 N–H and O–H groups in total. The maximum Gasteiger partial charge on any atom is 0.251 e. The fraction of sp³-hybridized carbons (Fsp3) is 0.368. The summed E-state index contributed by atoms with van der Waals surface area (Å²) < 4.78 is 0. The smallest absolute Gasteiger partial charge is 0.251 e. The van der Waals surface area contributed by atoms with Crippen LogP contribution in [0, 0.1) is 0 Å². The van der Waals surface area contributed by atoms with Crippen LogP contribution in [0.3, 0.4) is 0 Å². The number of aromatic nitrogens is 2. The van der Waals surface area contributed by atoms with Gasteiger partial charge in [0.1, 0.15) is 0 Å². The molecule has 2 heterocycles. The second-order valence-electron chi connectivity index (χ2n) is 6.20. The third-order valence-corrected chi connectivity index (χ3v) is 4.49. The van der Waals surface area contributed by atoms with Crippen LogP contribution in [0.4, 0.5) is 5.95 Å². The molecule has 1 aliphatic rings. The zero-order valence-electron chi connectivity index (χ0n) is 15.7. The fourth-order valence-corrected chi connectivity index (χ4v) is 3.05. The van der Waals surface area contributed by atoms with Crippen LogP contribution in [0.5, 0.6) is 0 Å². The minimum Gasteiger partial charge on any atom is -0.355 e. The maximum atomic E-state index is 11.8. The molecule has 2 aromatic rings. The molecule has 142 valence electrons. The monoisotopic (exact) mass is 367 g/mol. The molecule has 0 saturated carbocycles. The van der Waals surface area contributed by atoms with E-state index >= 15 is 0 Å². The zero-order valence-corrected chi connectivity index (χ0v) is 15.7. The molecule has 1 fully saturated rings. The van der Waals surface area contributed by atoms with E-state index in [9.17, 15) is 4.79 Å². The van der Waals surface area contributed by atoms with Crippen molar-refractivity contribution in [1.29, 1.82) is 0 Å². The van der Waals surface area contributed by atoms with Gasteiger partial charge in [0.15, 0.2) is 5.96 Å². The molecule has 1 aromatic heterocycles. The Labute approximate surface area is 159 Å². The summed E-state index contributed by atoms with van der Waals surface area (Å²) in [6.45, 7) is 3.99. The summed E-state index contributed by atoms with van der Waals surface area (Å²) >= 11 is 0. The van der Waals surface area contributed by atoms with Gasteiger partial charge in [0.25, 0.3) is 5.91 Å². The van der Waals surface area contributed by atoms with Crippen LogP contribution in [0.2, 0.25) is 0 Å². The minimum absolute atomic E-state index is 0.0829. The first-order valence-corrected chi connectivity index (χ1v) is 9.00. The van der Waals surface area contributed by atoms with E-state index in [0.717, 1.165) is 43.7 Å². The van der Waals surface area contributed by atoms with Gasteiger partial charge in [-0.2, -0.15) is 0 Å². The van der Waals surface area contributed by atoms with Crippen molar-refractivity contribution in [2.75, 3.05) is 45.2 Å². The number of carbonyl (C=O) groups excluding carboxylic acids is 1. The highest BCUT2D eigenvalue weighted by molar-refractivity contribution is 5.94. The zero-order chi connectivity index (χ0) is 19.1. The van der Waals surface area contributed by atoms with E-state index in [1.807, 2.05) is 30.3 Å². The predicted molar refractivity (Wildman–Crippen MR) is 106 cm³/mol. The molecule has 8 nitrogen and oxygen atoms in total. The summed E-state index contributed by atoms with van der Waals surface area (Å²) in [5.41, 5.74) is 1.69. The fourth-order valence-electron chi connectivity index (χ4n) is 3.05. The molecule has 0 atom stereocenters. The Hall–Kier alpha value is -3.16. The number of carbonyl (C=O) groups is 1. The lowest BCUT2D eigenvalue weighted by atomic mass is 10.1. The third kappa shape index (κ3) is 4.72. The van der Waals surface area contributed by atoms with E-state index in [2.05, 4.69) is 35.4 Å². The van der Waals surface area contributed by atoms with Crippen molar-refractivity contribution in [3.8, 4) is 0 Å². The van der Waals surface area contributed by atoms with Gasteiger partial charge in [0, 0.05) is 64.8 Å². The summed E-state index contributed by atoms with van der Waals surface area (Å²) in [5, 5.41) is 6.04. The second kappa shape index (κ2) is 8.98. The quantitative estimate of drug-likeness (QED) is 0.612. The van der Waals surface area contributed by atoms with Gasteiger partial charge < -0.3 is 20.4 Å². The molecular weight excluding hydrogens is 342 g/mol. The lowest BCUT2D eigenvalue weighted by Gasteiger charge is -2.36. The van der Waals surface area contributed by atoms with Gasteiger partial charge in [-0.1, -0.05) is 12.1 Å². The van der Waals surface area contributed by atoms with Gasteiger partial charge in [-0.25, -0.2) is 9.97 Å². The second-order valence-corrected chi connectivity index (χ2v) is 6.20. The number of rotatable bonds is 4. The van der Waals surface area contributed by atoms with Crippen LogP contribution >= 0.6 is 0 Å². The normalized spacial score (nSPS) is 14.8. The standard InChI is InChI=1S/C19H25N7O/c1-20-17(27)16-6-3-5-15(13-16)14-24-18(21-2)25-9-11-26(12-10-25)19-22-7-4-8-23-19/h3-8,13H,9-12,14H2,1-2H3,(H,20,27)(H,21,24). The molecule has 0 bridgehead atoms. The summed E-state index contributed by atoms with van der Waals surface area (Å²) in [5.74, 6) is 1.54. The van der Waals surface area contributed by atoms with Crippen LogP contribution in [0.25, 0.3) is 0 Å². The van der Waals surface area contributed by atoms with Gasteiger partial charge in [0.05, 0.1) is 0 Å². The van der Waals surface area contributed by atoms with E-state index < -0.39 is 0 Å². The third-order valence-electron chi connectivity index (χ3n) is 4.49. The van der Waals surface area contributed by atoms with Crippen LogP contribution in [0.1, 0.15) is 15.9 Å². The predicted octanol–water partition coefficient (Wildman–Crippen LogP) is 0.734. The lowest BCUT2D eigenvalue weighted by Crippen LogP contribution is -2.52. The Morgan fingerprint density at radius 1 is 1.15 bits per heavy atom. The molecule has 3 rings (SSSR count). The van der Waals surface area contributed by atoms with Gasteiger partial charge in [-0.3, -0.25) is 9.79 Å². The highest BCUT2D eigenvalue weighted by atomic mass is 16.1. The SMILES string of the molecule is CN=C(NCc1cccc(C(=O)NC)c1)N1CCN(c2ncccn2)CC1. The summed E-state index contributed by atoms with van der Waals surface area (Å²) in [4.78, 5) is 29.2. The van der Waals surface area contributed by atoms with Crippen molar-refractivity contribution in [3.63, 3.8) is 0 Å². The van der Waals surface area contributed by atoms with Gasteiger partial charge >= 0.3 is 0 Å². The molecule has 0 spiro atoms. The Kier molecular flexibility index (Phi) is 6.19. The molecule has 0 radical (unpaired) electrons. The van der Waals surface area contributed by atoms with Crippen molar-refractivity contribution < 1.29 is 4.79 Å². The Morgan fingerprint density at radius 2 is 1.89 bits per heavy atom. The van der Waals surface area contributed by atoms with E-state index in [0.29, 0.717) is 12.1 Å². The van der Waals surface area contributed by atoms with Gasteiger partial charge in [0.2, 0.25) is 5.95 Å². The number of amides is 1. The van der Waals surface area contributed by atoms with Crippen molar-refractivity contribution in [2.45, 2.75) is 6.54 Å². The lowest BCUT2D eigenvalue weighted by molar-refractivity contribution is 0.0963. The van der Waals surface area contributed by atoms with Crippen LogP contribution < -0.4 is 15.5 Å². The van der Waals surface area contributed by atoms with Crippen molar-refractivity contribution >= 4 is 17.8 Å². The number of guanidine groups is 1. The molecule has 27 heavy (non-hydrogen) atoms. The molecule has 1 aromatic carbocycles. The topological polar surface area (TPSA) is 85.8 Å². The van der Waals surface area contributed by atoms with Crippen LogP contribution in [-0.2, 0) is 6.54 Å². The highest BCUT2D eigenvalue weighted by Gasteiger charge is 2.21. The average Bonchev–Trinajstić information content (AvgIpc) is 2.75. The summed E-state index contributed by atoms with van der Waals surface area (Å²) in [7, 11) is 3.42. The summed E-state index contributed by atoms with van der Waals surface area (Å²) in [6, 6.07) is 9.41. The number of aliphatic imine (C=N–C) groups is 1. The van der Waals surface area contributed by atoms with E-state index in [1.54, 1.807) is 26.5 Å². The number of anilines is 1.